The molecule has 4 rings (SSSR count). The Bertz CT molecular complexity index is 1090. The van der Waals surface area contributed by atoms with Gasteiger partial charge in [0.05, 0.1) is 12.5 Å². The molecule has 0 radical (unpaired) electrons. The highest BCUT2D eigenvalue weighted by molar-refractivity contribution is 5.92. The van der Waals surface area contributed by atoms with Crippen molar-refractivity contribution in [3.63, 3.8) is 0 Å². The highest BCUT2D eigenvalue weighted by Gasteiger charge is 2.72. The molecule has 9 heteroatoms. The minimum absolute atomic E-state index is 0.0173. The second-order valence-corrected chi connectivity index (χ2v) is 12.1. The van der Waals surface area contributed by atoms with E-state index in [0.717, 1.165) is 18.4 Å². The molecule has 1 heterocycles. The predicted octanol–water partition coefficient (Wildman–Crippen LogP) is 3.08. The first kappa shape index (κ1) is 28.9. The molecule has 1 aromatic carbocycles. The minimum Gasteiger partial charge on any atom is -0.497 e. The Hall–Kier alpha value is -3.10. The average Bonchev–Trinajstić information content (AvgIpc) is 3.82. The van der Waals surface area contributed by atoms with Crippen molar-refractivity contribution in [1.29, 1.82) is 0 Å². The lowest BCUT2D eigenvalue weighted by atomic mass is 9.95. The van der Waals surface area contributed by atoms with Gasteiger partial charge in [-0.25, -0.2) is 4.79 Å². The van der Waals surface area contributed by atoms with Crippen LogP contribution in [0.4, 0.5) is 0 Å². The molecular weight excluding hydrogens is 498 g/mol. The molecule has 214 valence electrons. The summed E-state index contributed by atoms with van der Waals surface area (Å²) in [5.74, 6) is -0.383. The summed E-state index contributed by atoms with van der Waals surface area (Å²) in [6, 6.07) is 5.80. The number of rotatable bonds is 12. The van der Waals surface area contributed by atoms with E-state index < -0.39 is 35.0 Å². The molecule has 9 nitrogen and oxygen atoms in total. The van der Waals surface area contributed by atoms with E-state index >= 15 is 0 Å². The van der Waals surface area contributed by atoms with Gasteiger partial charge in [0, 0.05) is 25.9 Å². The summed E-state index contributed by atoms with van der Waals surface area (Å²) in [5, 5.41) is 0. The van der Waals surface area contributed by atoms with E-state index in [4.69, 9.17) is 15.2 Å². The maximum absolute atomic E-state index is 13.9. The van der Waals surface area contributed by atoms with Crippen molar-refractivity contribution in [3.05, 3.63) is 29.8 Å². The Morgan fingerprint density at radius 2 is 1.72 bits per heavy atom. The SMILES string of the molecule is COc1ccc(C[C@@H](C(=O)OC2(C3(C(N)=O)CC3)CC2)N(C)C(=O)[C@@H]2CCCN2C(=O)[C@@H](C)CC(C)C)cc1. The quantitative estimate of drug-likeness (QED) is 0.406. The van der Waals surface area contributed by atoms with E-state index in [1.165, 1.54) is 4.90 Å². The summed E-state index contributed by atoms with van der Waals surface area (Å²) < 4.78 is 11.3. The number of hydrogen-bond donors (Lipinski definition) is 1. The van der Waals surface area contributed by atoms with Crippen molar-refractivity contribution in [3.8, 4) is 5.75 Å². The molecule has 0 bridgehead atoms. The van der Waals surface area contributed by atoms with Crippen molar-refractivity contribution >= 4 is 23.7 Å². The van der Waals surface area contributed by atoms with Crippen LogP contribution >= 0.6 is 0 Å². The Morgan fingerprint density at radius 3 is 2.23 bits per heavy atom. The minimum atomic E-state index is -0.919. The maximum Gasteiger partial charge on any atom is 0.329 e. The van der Waals surface area contributed by atoms with Crippen molar-refractivity contribution < 1.29 is 28.7 Å². The number of primary amides is 1. The first-order chi connectivity index (χ1) is 18.4. The smallest absolute Gasteiger partial charge is 0.329 e. The number of likely N-dealkylation sites (N-methyl/N-ethyl adjacent to an activating group) is 1. The molecule has 0 spiro atoms. The zero-order chi connectivity index (χ0) is 28.5. The molecule has 2 saturated carbocycles. The summed E-state index contributed by atoms with van der Waals surface area (Å²) >= 11 is 0. The molecule has 1 saturated heterocycles. The third-order valence-electron chi connectivity index (χ3n) is 8.84. The van der Waals surface area contributed by atoms with Gasteiger partial charge >= 0.3 is 5.97 Å². The number of carbonyl (C=O) groups is 4. The van der Waals surface area contributed by atoms with Gasteiger partial charge in [0.1, 0.15) is 23.4 Å². The topological polar surface area (TPSA) is 119 Å². The molecule has 3 atom stereocenters. The van der Waals surface area contributed by atoms with E-state index in [1.54, 1.807) is 19.1 Å². The molecule has 3 aliphatic rings. The molecule has 1 aliphatic heterocycles. The Balaban J connectivity index is 1.55. The zero-order valence-electron chi connectivity index (χ0n) is 23.9. The van der Waals surface area contributed by atoms with Crippen LogP contribution < -0.4 is 10.5 Å². The van der Waals surface area contributed by atoms with Crippen LogP contribution in [-0.2, 0) is 30.3 Å². The maximum atomic E-state index is 13.9. The fourth-order valence-electron chi connectivity index (χ4n) is 6.23. The number of nitrogens with zero attached hydrogens (tertiary/aromatic N) is 2. The van der Waals surface area contributed by atoms with Crippen LogP contribution in [0.2, 0.25) is 0 Å². The number of amides is 3. The van der Waals surface area contributed by atoms with Crippen LogP contribution in [-0.4, -0.2) is 71.9 Å². The van der Waals surface area contributed by atoms with Crippen LogP contribution in [0.1, 0.15) is 71.3 Å². The number of hydrogen-bond acceptors (Lipinski definition) is 6. The number of benzene rings is 1. The number of ether oxygens (including phenoxy) is 2. The van der Waals surface area contributed by atoms with Crippen LogP contribution in [0.3, 0.4) is 0 Å². The van der Waals surface area contributed by atoms with Crippen LogP contribution in [0.15, 0.2) is 24.3 Å². The Morgan fingerprint density at radius 1 is 1.08 bits per heavy atom. The molecule has 1 aromatic rings. The van der Waals surface area contributed by atoms with Gasteiger partial charge in [-0.3, -0.25) is 14.4 Å². The Kier molecular flexibility index (Phi) is 8.28. The second-order valence-electron chi connectivity index (χ2n) is 12.1. The fraction of sp³-hybridized carbons (Fsp3) is 0.667. The number of carbonyl (C=O) groups excluding carboxylic acids is 4. The van der Waals surface area contributed by atoms with Crippen LogP contribution in [0, 0.1) is 17.3 Å². The number of likely N-dealkylation sites (tertiary alicyclic amines) is 1. The summed E-state index contributed by atoms with van der Waals surface area (Å²) in [5.41, 5.74) is 4.87. The largest absolute Gasteiger partial charge is 0.497 e. The molecule has 0 aromatic heterocycles. The molecule has 2 aliphatic carbocycles. The standard InChI is InChI=1S/C30H43N3O6/c1-19(2)17-20(3)25(34)33-16-6-7-23(33)26(35)32(4)24(18-21-8-10-22(38-5)11-9-21)27(36)39-30(14-15-30)29(12-13-29)28(31)37/h8-11,19-20,23-24H,6-7,12-18H2,1-5H3,(H2,31,37)/t20-,23-,24-/m0/s1. The highest BCUT2D eigenvalue weighted by Crippen LogP contribution is 2.66. The van der Waals surface area contributed by atoms with Gasteiger partial charge in [-0.15, -0.1) is 0 Å². The van der Waals surface area contributed by atoms with Gasteiger partial charge in [0.2, 0.25) is 17.7 Å². The van der Waals surface area contributed by atoms with E-state index in [-0.39, 0.29) is 24.2 Å². The fourth-order valence-corrected chi connectivity index (χ4v) is 6.23. The lowest BCUT2D eigenvalue weighted by Crippen LogP contribution is -2.54. The Labute approximate surface area is 231 Å². The molecular formula is C30H43N3O6. The van der Waals surface area contributed by atoms with Gasteiger partial charge in [-0.2, -0.15) is 0 Å². The summed E-state index contributed by atoms with van der Waals surface area (Å²) in [6.07, 6.45) is 4.69. The number of methoxy groups -OCH3 is 1. The lowest BCUT2D eigenvalue weighted by Gasteiger charge is -2.34. The van der Waals surface area contributed by atoms with Gasteiger partial charge in [0.15, 0.2) is 0 Å². The van der Waals surface area contributed by atoms with Crippen LogP contribution in [0.5, 0.6) is 5.75 Å². The number of nitrogens with two attached hydrogens (primary N) is 1. The average molecular weight is 542 g/mol. The van der Waals surface area contributed by atoms with Gasteiger partial charge in [0.25, 0.3) is 0 Å². The van der Waals surface area contributed by atoms with Crippen molar-refractivity contribution in [2.75, 3.05) is 20.7 Å². The second kappa shape index (κ2) is 11.2. The van der Waals surface area contributed by atoms with E-state index in [1.807, 2.05) is 31.2 Å². The summed E-state index contributed by atoms with van der Waals surface area (Å²) in [4.78, 5) is 56.2. The van der Waals surface area contributed by atoms with Gasteiger partial charge in [-0.05, 0) is 68.6 Å². The summed E-state index contributed by atoms with van der Waals surface area (Å²) in [6.45, 7) is 6.60. The predicted molar refractivity (Wildman–Crippen MR) is 146 cm³/mol. The van der Waals surface area contributed by atoms with Crippen molar-refractivity contribution in [2.45, 2.75) is 89.8 Å². The monoisotopic (exact) mass is 541 g/mol. The molecule has 39 heavy (non-hydrogen) atoms. The highest BCUT2D eigenvalue weighted by atomic mass is 16.6. The third kappa shape index (κ3) is 5.77. The zero-order valence-corrected chi connectivity index (χ0v) is 23.9. The lowest BCUT2D eigenvalue weighted by molar-refractivity contribution is -0.167. The molecule has 2 N–H and O–H groups in total. The van der Waals surface area contributed by atoms with Crippen LogP contribution in [0.25, 0.3) is 0 Å². The van der Waals surface area contributed by atoms with Gasteiger partial charge < -0.3 is 25.0 Å². The molecule has 3 amide bonds. The van der Waals surface area contributed by atoms with E-state index in [0.29, 0.717) is 50.3 Å². The van der Waals surface area contributed by atoms with Gasteiger partial charge in [-0.1, -0.05) is 32.9 Å². The van der Waals surface area contributed by atoms with Crippen molar-refractivity contribution in [1.82, 2.24) is 9.80 Å². The summed E-state index contributed by atoms with van der Waals surface area (Å²) in [7, 11) is 3.19. The first-order valence-corrected chi connectivity index (χ1v) is 14.2. The first-order valence-electron chi connectivity index (χ1n) is 14.2. The third-order valence-corrected chi connectivity index (χ3v) is 8.84. The van der Waals surface area contributed by atoms with E-state index in [2.05, 4.69) is 13.8 Å². The van der Waals surface area contributed by atoms with E-state index in [9.17, 15) is 19.2 Å². The molecule has 0 unspecified atom stereocenters. The number of esters is 1. The normalized spacial score (nSPS) is 22.1. The molecule has 3 fully saturated rings. The van der Waals surface area contributed by atoms with Crippen molar-refractivity contribution in [2.24, 2.45) is 23.0 Å².